The molecule has 5 heteroatoms. The highest BCUT2D eigenvalue weighted by atomic mass is 16.5. The van der Waals surface area contributed by atoms with E-state index in [1.54, 1.807) is 0 Å². The molecule has 178 valence electrons. The van der Waals surface area contributed by atoms with E-state index in [9.17, 15) is 9.90 Å². The van der Waals surface area contributed by atoms with Gasteiger partial charge in [0.15, 0.2) is 5.76 Å². The van der Waals surface area contributed by atoms with Gasteiger partial charge >= 0.3 is 5.97 Å². The van der Waals surface area contributed by atoms with Crippen LogP contribution < -0.4 is 0 Å². The van der Waals surface area contributed by atoms with E-state index < -0.39 is 11.4 Å². The maximum Gasteiger partial charge on any atom is 0.314 e. The van der Waals surface area contributed by atoms with Gasteiger partial charge in [-0.2, -0.15) is 0 Å². The van der Waals surface area contributed by atoms with Gasteiger partial charge in [0.1, 0.15) is 0 Å². The predicted octanol–water partition coefficient (Wildman–Crippen LogP) is 6.24. The van der Waals surface area contributed by atoms with Gasteiger partial charge in [0.25, 0.3) is 0 Å². The van der Waals surface area contributed by atoms with Crippen LogP contribution in [0, 0.1) is 6.92 Å². The second-order valence-electron chi connectivity index (χ2n) is 9.22. The Kier molecular flexibility index (Phi) is 6.51. The van der Waals surface area contributed by atoms with Gasteiger partial charge in [0.2, 0.25) is 0 Å². The van der Waals surface area contributed by atoms with Crippen LogP contribution in [0.4, 0.5) is 0 Å². The summed E-state index contributed by atoms with van der Waals surface area (Å²) in [5.74, 6) is 0.0579. The Hall–Kier alpha value is -3.70. The van der Waals surface area contributed by atoms with Crippen molar-refractivity contribution >= 4 is 5.97 Å². The first kappa shape index (κ1) is 23.1. The highest BCUT2D eigenvalue weighted by Crippen LogP contribution is 2.48. The number of carboxylic acid groups (broad SMARTS) is 1. The molecular formula is C30H29NO4. The molecule has 1 aliphatic rings. The number of aryl methyl sites for hydroxylation is 1. The molecule has 4 aromatic rings. The second-order valence-corrected chi connectivity index (χ2v) is 9.22. The zero-order chi connectivity index (χ0) is 24.3. The van der Waals surface area contributed by atoms with Crippen molar-refractivity contribution in [2.75, 3.05) is 13.2 Å². The molecule has 1 saturated carbocycles. The monoisotopic (exact) mass is 467 g/mol. The van der Waals surface area contributed by atoms with Crippen LogP contribution in [0.25, 0.3) is 22.5 Å². The number of carboxylic acids is 1. The normalized spacial score (nSPS) is 14.1. The lowest BCUT2D eigenvalue weighted by Gasteiger charge is -2.11. The smallest absolute Gasteiger partial charge is 0.314 e. The zero-order valence-corrected chi connectivity index (χ0v) is 19.9. The van der Waals surface area contributed by atoms with Crippen molar-refractivity contribution in [3.63, 3.8) is 0 Å². The number of nitrogens with zero attached hydrogens (tertiary/aromatic N) is 1. The molecule has 0 spiro atoms. The number of hydrogen-bond donors (Lipinski definition) is 1. The summed E-state index contributed by atoms with van der Waals surface area (Å²) in [5, 5.41) is 13.7. The fourth-order valence-corrected chi connectivity index (χ4v) is 4.57. The van der Waals surface area contributed by atoms with Crippen molar-refractivity contribution in [3.05, 3.63) is 101 Å². The van der Waals surface area contributed by atoms with E-state index in [0.717, 1.165) is 52.1 Å². The average molecular weight is 468 g/mol. The summed E-state index contributed by atoms with van der Waals surface area (Å²) in [5.41, 5.74) is 6.56. The minimum Gasteiger partial charge on any atom is -0.481 e. The van der Waals surface area contributed by atoms with Gasteiger partial charge in [0.05, 0.1) is 24.3 Å². The Labute approximate surface area is 205 Å². The van der Waals surface area contributed by atoms with Crippen LogP contribution in [0.15, 0.2) is 83.4 Å². The molecule has 0 bridgehead atoms. The predicted molar refractivity (Wildman–Crippen MR) is 135 cm³/mol. The second kappa shape index (κ2) is 9.88. The summed E-state index contributed by atoms with van der Waals surface area (Å²) in [4.78, 5) is 11.6. The maximum absolute atomic E-state index is 11.6. The van der Waals surface area contributed by atoms with E-state index >= 15 is 0 Å². The molecule has 5 rings (SSSR count). The van der Waals surface area contributed by atoms with E-state index in [1.165, 1.54) is 5.56 Å². The summed E-state index contributed by atoms with van der Waals surface area (Å²) in [7, 11) is 0. The lowest BCUT2D eigenvalue weighted by atomic mass is 9.93. The summed E-state index contributed by atoms with van der Waals surface area (Å²) >= 11 is 0. The Bertz CT molecular complexity index is 1290. The largest absolute Gasteiger partial charge is 0.481 e. The highest BCUT2D eigenvalue weighted by Gasteiger charge is 2.51. The number of rotatable bonds is 10. The summed E-state index contributed by atoms with van der Waals surface area (Å²) in [6.45, 7) is 3.26. The number of aromatic nitrogens is 1. The molecule has 1 heterocycles. The minimum atomic E-state index is -0.727. The van der Waals surface area contributed by atoms with Gasteiger partial charge in [-0.05, 0) is 48.4 Å². The molecule has 1 N–H and O–H groups in total. The molecule has 0 aliphatic heterocycles. The first-order chi connectivity index (χ1) is 17.1. The first-order valence-electron chi connectivity index (χ1n) is 12.1. The van der Waals surface area contributed by atoms with Crippen molar-refractivity contribution in [3.8, 4) is 22.5 Å². The number of aliphatic carboxylic acids is 1. The van der Waals surface area contributed by atoms with Crippen molar-refractivity contribution in [2.24, 2.45) is 0 Å². The third-order valence-electron chi connectivity index (χ3n) is 6.94. The van der Waals surface area contributed by atoms with Crippen LogP contribution in [0.3, 0.4) is 0 Å². The number of benzene rings is 3. The standard InChI is InChI=1S/C30H29NO4/c1-21-27(16-20-34-19-15-22-5-3-2-4-6-22)28(35-31-21)25-9-7-23(8-10-25)24-11-13-26(14-12-24)30(17-18-30)29(32)33/h2-14H,15-20H2,1H3,(H,32,33). The zero-order valence-electron chi connectivity index (χ0n) is 19.9. The van der Waals surface area contributed by atoms with Crippen molar-refractivity contribution < 1.29 is 19.2 Å². The topological polar surface area (TPSA) is 72.6 Å². The van der Waals surface area contributed by atoms with Crippen LogP contribution in [0.5, 0.6) is 0 Å². The van der Waals surface area contributed by atoms with Crippen LogP contribution in [0.2, 0.25) is 0 Å². The Morgan fingerprint density at radius 1 is 0.886 bits per heavy atom. The Balaban J connectivity index is 1.22. The molecule has 3 aromatic carbocycles. The summed E-state index contributed by atoms with van der Waals surface area (Å²) < 4.78 is 11.6. The van der Waals surface area contributed by atoms with Crippen LogP contribution in [0.1, 0.15) is 35.2 Å². The van der Waals surface area contributed by atoms with Gasteiger partial charge in [0, 0.05) is 17.5 Å². The van der Waals surface area contributed by atoms with E-state index in [0.29, 0.717) is 26.1 Å². The van der Waals surface area contributed by atoms with E-state index in [1.807, 2.05) is 61.5 Å². The lowest BCUT2D eigenvalue weighted by Crippen LogP contribution is -2.19. The third kappa shape index (κ3) is 4.91. The number of ether oxygens (including phenoxy) is 1. The van der Waals surface area contributed by atoms with Crippen LogP contribution in [-0.4, -0.2) is 29.4 Å². The lowest BCUT2D eigenvalue weighted by molar-refractivity contribution is -0.140. The molecule has 35 heavy (non-hydrogen) atoms. The quantitative estimate of drug-likeness (QED) is 0.280. The fraction of sp³-hybridized carbons (Fsp3) is 0.267. The Morgan fingerprint density at radius 2 is 1.49 bits per heavy atom. The molecule has 0 radical (unpaired) electrons. The van der Waals surface area contributed by atoms with Crippen LogP contribution in [-0.2, 0) is 27.8 Å². The van der Waals surface area contributed by atoms with Crippen LogP contribution >= 0.6 is 0 Å². The molecule has 0 amide bonds. The average Bonchev–Trinajstić information content (AvgIpc) is 3.63. The number of hydrogen-bond acceptors (Lipinski definition) is 4. The Morgan fingerprint density at radius 3 is 2.11 bits per heavy atom. The number of carbonyl (C=O) groups is 1. The molecule has 1 aliphatic carbocycles. The molecule has 0 unspecified atom stereocenters. The molecule has 5 nitrogen and oxygen atoms in total. The van der Waals surface area contributed by atoms with E-state index in [4.69, 9.17) is 9.26 Å². The van der Waals surface area contributed by atoms with Crippen molar-refractivity contribution in [1.82, 2.24) is 5.16 Å². The third-order valence-corrected chi connectivity index (χ3v) is 6.94. The van der Waals surface area contributed by atoms with Gasteiger partial charge in [-0.15, -0.1) is 0 Å². The first-order valence-corrected chi connectivity index (χ1v) is 12.1. The van der Waals surface area contributed by atoms with Gasteiger partial charge in [-0.1, -0.05) is 84.0 Å². The van der Waals surface area contributed by atoms with Crippen molar-refractivity contribution in [2.45, 2.75) is 38.0 Å². The van der Waals surface area contributed by atoms with Crippen molar-refractivity contribution in [1.29, 1.82) is 0 Å². The molecule has 1 aromatic heterocycles. The molecule has 0 saturated heterocycles. The summed E-state index contributed by atoms with van der Waals surface area (Å²) in [6.07, 6.45) is 3.07. The maximum atomic E-state index is 11.6. The van der Waals surface area contributed by atoms with Gasteiger partial charge in [-0.25, -0.2) is 0 Å². The molecule has 1 fully saturated rings. The highest BCUT2D eigenvalue weighted by molar-refractivity contribution is 5.85. The van der Waals surface area contributed by atoms with E-state index in [2.05, 4.69) is 29.4 Å². The molecular weight excluding hydrogens is 438 g/mol. The summed E-state index contributed by atoms with van der Waals surface area (Å²) in [6, 6.07) is 26.5. The molecule has 0 atom stereocenters. The van der Waals surface area contributed by atoms with Gasteiger partial charge in [-0.3, -0.25) is 4.79 Å². The van der Waals surface area contributed by atoms with Gasteiger partial charge < -0.3 is 14.4 Å². The minimum absolute atomic E-state index is 0.615. The van der Waals surface area contributed by atoms with E-state index in [-0.39, 0.29) is 0 Å². The SMILES string of the molecule is Cc1noc(-c2ccc(-c3ccc(C4(C(=O)O)CC4)cc3)cc2)c1CCOCCc1ccccc1. The fourth-order valence-electron chi connectivity index (χ4n) is 4.57.